The van der Waals surface area contributed by atoms with Gasteiger partial charge in [-0.25, -0.2) is 4.79 Å². The highest BCUT2D eigenvalue weighted by atomic mass is 16.5. The standard InChI is InChI=1S/C13H14N2O5/c16-11-7-15(8-12(17)14-11)5-6-20-10-3-1-9(2-4-10)13(18)19/h1-4H,5-8H2,(H,18,19)(H,14,16,17). The number of carbonyl (C=O) groups is 3. The number of carbonyl (C=O) groups excluding carboxylic acids is 2. The fourth-order valence-electron chi connectivity index (χ4n) is 1.84. The molecule has 1 aliphatic rings. The minimum Gasteiger partial charge on any atom is -0.492 e. The van der Waals surface area contributed by atoms with Gasteiger partial charge < -0.3 is 9.84 Å². The third-order valence-corrected chi connectivity index (χ3v) is 2.79. The third-order valence-electron chi connectivity index (χ3n) is 2.79. The molecule has 7 heteroatoms. The van der Waals surface area contributed by atoms with E-state index in [1.807, 2.05) is 0 Å². The highest BCUT2D eigenvalue weighted by molar-refractivity contribution is 5.99. The molecule has 0 saturated carbocycles. The fourth-order valence-corrected chi connectivity index (χ4v) is 1.84. The van der Waals surface area contributed by atoms with Crippen molar-refractivity contribution in [2.24, 2.45) is 0 Å². The van der Waals surface area contributed by atoms with E-state index in [-0.39, 0.29) is 30.5 Å². The number of hydrogen-bond donors (Lipinski definition) is 2. The van der Waals surface area contributed by atoms with Crippen molar-refractivity contribution < 1.29 is 24.2 Å². The van der Waals surface area contributed by atoms with Crippen LogP contribution in [0.15, 0.2) is 24.3 Å². The van der Waals surface area contributed by atoms with E-state index in [4.69, 9.17) is 9.84 Å². The maximum absolute atomic E-state index is 11.1. The molecule has 20 heavy (non-hydrogen) atoms. The minimum atomic E-state index is -0.991. The van der Waals surface area contributed by atoms with Crippen LogP contribution >= 0.6 is 0 Å². The first-order valence-electron chi connectivity index (χ1n) is 6.06. The molecular weight excluding hydrogens is 264 g/mol. The molecule has 1 saturated heterocycles. The van der Waals surface area contributed by atoms with Crippen LogP contribution in [0.2, 0.25) is 0 Å². The van der Waals surface area contributed by atoms with Crippen molar-refractivity contribution in [2.75, 3.05) is 26.2 Å². The predicted molar refractivity (Wildman–Crippen MR) is 68.5 cm³/mol. The third kappa shape index (κ3) is 3.79. The zero-order valence-corrected chi connectivity index (χ0v) is 10.7. The van der Waals surface area contributed by atoms with Crippen LogP contribution in [0, 0.1) is 0 Å². The van der Waals surface area contributed by atoms with E-state index < -0.39 is 5.97 Å². The van der Waals surface area contributed by atoms with Gasteiger partial charge >= 0.3 is 5.97 Å². The first-order valence-corrected chi connectivity index (χ1v) is 6.06. The number of nitrogens with one attached hydrogen (secondary N) is 1. The summed E-state index contributed by atoms with van der Waals surface area (Å²) >= 11 is 0. The number of nitrogens with zero attached hydrogens (tertiary/aromatic N) is 1. The lowest BCUT2D eigenvalue weighted by Crippen LogP contribution is -2.52. The van der Waals surface area contributed by atoms with Gasteiger partial charge in [0.25, 0.3) is 0 Å². The quantitative estimate of drug-likeness (QED) is 0.719. The number of carboxylic acids is 1. The van der Waals surface area contributed by atoms with Crippen molar-refractivity contribution in [3.63, 3.8) is 0 Å². The first kappa shape index (κ1) is 14.0. The van der Waals surface area contributed by atoms with Gasteiger partial charge in [0.05, 0.1) is 18.7 Å². The zero-order valence-electron chi connectivity index (χ0n) is 10.7. The molecule has 2 amide bonds. The molecule has 1 aromatic carbocycles. The highest BCUT2D eigenvalue weighted by Gasteiger charge is 2.21. The second kappa shape index (κ2) is 6.16. The maximum Gasteiger partial charge on any atom is 0.335 e. The fraction of sp³-hybridized carbons (Fsp3) is 0.308. The Morgan fingerprint density at radius 2 is 1.80 bits per heavy atom. The summed E-state index contributed by atoms with van der Waals surface area (Å²) in [5.74, 6) is -1.07. The zero-order chi connectivity index (χ0) is 14.5. The molecule has 0 radical (unpaired) electrons. The molecule has 106 valence electrons. The molecule has 0 bridgehead atoms. The minimum absolute atomic E-state index is 0.174. The molecule has 7 nitrogen and oxygen atoms in total. The van der Waals surface area contributed by atoms with Gasteiger partial charge in [0.2, 0.25) is 11.8 Å². The van der Waals surface area contributed by atoms with E-state index >= 15 is 0 Å². The van der Waals surface area contributed by atoms with Crippen LogP contribution in [0.4, 0.5) is 0 Å². The normalized spacial score (nSPS) is 15.8. The summed E-state index contributed by atoms with van der Waals surface area (Å²) in [6, 6.07) is 6.04. The summed E-state index contributed by atoms with van der Waals surface area (Å²) in [6.45, 7) is 1.10. The van der Waals surface area contributed by atoms with Crippen molar-refractivity contribution in [3.05, 3.63) is 29.8 Å². The second-order valence-electron chi connectivity index (χ2n) is 4.36. The number of aromatic carboxylic acids is 1. The van der Waals surface area contributed by atoms with Gasteiger partial charge in [0.1, 0.15) is 12.4 Å². The summed E-state index contributed by atoms with van der Waals surface area (Å²) in [5, 5.41) is 11.0. The van der Waals surface area contributed by atoms with Crippen LogP contribution in [-0.2, 0) is 9.59 Å². The van der Waals surface area contributed by atoms with Crippen LogP contribution in [-0.4, -0.2) is 54.0 Å². The lowest BCUT2D eigenvalue weighted by molar-refractivity contribution is -0.136. The van der Waals surface area contributed by atoms with Crippen molar-refractivity contribution >= 4 is 17.8 Å². The topological polar surface area (TPSA) is 95.9 Å². The number of piperazine rings is 1. The molecule has 2 N–H and O–H groups in total. The summed E-state index contributed by atoms with van der Waals surface area (Å²) < 4.78 is 5.44. The Balaban J connectivity index is 1.79. The average Bonchev–Trinajstić information content (AvgIpc) is 2.38. The maximum atomic E-state index is 11.1. The number of ether oxygens (including phenoxy) is 1. The molecule has 1 aromatic rings. The van der Waals surface area contributed by atoms with Crippen molar-refractivity contribution in [1.82, 2.24) is 10.2 Å². The summed E-state index contributed by atoms with van der Waals surface area (Å²) in [7, 11) is 0. The lowest BCUT2D eigenvalue weighted by atomic mass is 10.2. The van der Waals surface area contributed by atoms with E-state index in [1.54, 1.807) is 17.0 Å². The smallest absolute Gasteiger partial charge is 0.335 e. The Hall–Kier alpha value is -2.41. The van der Waals surface area contributed by atoms with Crippen molar-refractivity contribution in [2.45, 2.75) is 0 Å². The largest absolute Gasteiger partial charge is 0.492 e. The first-order chi connectivity index (χ1) is 9.54. The number of rotatable bonds is 5. The van der Waals surface area contributed by atoms with Crippen LogP contribution in [0.1, 0.15) is 10.4 Å². The van der Waals surface area contributed by atoms with Gasteiger partial charge in [0.15, 0.2) is 0 Å². The molecule has 0 atom stereocenters. The van der Waals surface area contributed by atoms with E-state index in [0.29, 0.717) is 18.9 Å². The molecular formula is C13H14N2O5. The average molecular weight is 278 g/mol. The molecule has 1 heterocycles. The van der Waals surface area contributed by atoms with Gasteiger partial charge in [-0.2, -0.15) is 0 Å². The number of hydrogen-bond acceptors (Lipinski definition) is 5. The predicted octanol–water partition coefficient (Wildman–Crippen LogP) is -0.278. The van der Waals surface area contributed by atoms with Crippen LogP contribution < -0.4 is 10.1 Å². The van der Waals surface area contributed by atoms with E-state index in [9.17, 15) is 14.4 Å². The molecule has 0 spiro atoms. The Labute approximate surface area is 115 Å². The molecule has 1 aliphatic heterocycles. The number of amides is 2. The van der Waals surface area contributed by atoms with Crippen LogP contribution in [0.5, 0.6) is 5.75 Å². The van der Waals surface area contributed by atoms with Gasteiger partial charge in [-0.05, 0) is 24.3 Å². The van der Waals surface area contributed by atoms with Crippen LogP contribution in [0.3, 0.4) is 0 Å². The van der Waals surface area contributed by atoms with E-state index in [1.165, 1.54) is 12.1 Å². The molecule has 1 fully saturated rings. The molecule has 2 rings (SSSR count). The molecule has 0 aromatic heterocycles. The monoisotopic (exact) mass is 278 g/mol. The van der Waals surface area contributed by atoms with Crippen molar-refractivity contribution in [3.8, 4) is 5.75 Å². The number of benzene rings is 1. The Morgan fingerprint density at radius 3 is 2.35 bits per heavy atom. The number of imide groups is 1. The molecule has 0 aliphatic carbocycles. The highest BCUT2D eigenvalue weighted by Crippen LogP contribution is 2.12. The van der Waals surface area contributed by atoms with Gasteiger partial charge in [0, 0.05) is 6.54 Å². The molecule has 0 unspecified atom stereocenters. The Kier molecular flexibility index (Phi) is 4.31. The van der Waals surface area contributed by atoms with Crippen molar-refractivity contribution in [1.29, 1.82) is 0 Å². The second-order valence-corrected chi connectivity index (χ2v) is 4.36. The summed E-state index contributed by atoms with van der Waals surface area (Å²) in [4.78, 5) is 34.7. The van der Waals surface area contributed by atoms with Crippen LogP contribution in [0.25, 0.3) is 0 Å². The Bertz CT molecular complexity index is 510. The lowest BCUT2D eigenvalue weighted by Gasteiger charge is -2.24. The summed E-state index contributed by atoms with van der Waals surface area (Å²) in [6.07, 6.45) is 0. The van der Waals surface area contributed by atoms with E-state index in [0.717, 1.165) is 0 Å². The van der Waals surface area contributed by atoms with Gasteiger partial charge in [-0.3, -0.25) is 19.8 Å². The number of carboxylic acid groups (broad SMARTS) is 1. The van der Waals surface area contributed by atoms with Gasteiger partial charge in [-0.1, -0.05) is 0 Å². The Morgan fingerprint density at radius 1 is 1.20 bits per heavy atom. The SMILES string of the molecule is O=C1CN(CCOc2ccc(C(=O)O)cc2)CC(=O)N1. The van der Waals surface area contributed by atoms with Gasteiger partial charge in [-0.15, -0.1) is 0 Å². The van der Waals surface area contributed by atoms with E-state index in [2.05, 4.69) is 5.32 Å². The summed E-state index contributed by atoms with van der Waals surface area (Å²) in [5.41, 5.74) is 0.190.